The van der Waals surface area contributed by atoms with Crippen LogP contribution in [0.15, 0.2) is 57.5 Å². The Bertz CT molecular complexity index is 905. The van der Waals surface area contributed by atoms with E-state index in [1.165, 1.54) is 0 Å². The third-order valence-corrected chi connectivity index (χ3v) is 4.21. The number of methoxy groups -OCH3 is 1. The SMILES string of the molecule is COc1cccc(-c2cc(CC(=O)Nc3ccc(Br)cc3C)no2)c1. The first-order valence-electron chi connectivity index (χ1n) is 7.71. The molecule has 1 amide bonds. The monoisotopic (exact) mass is 400 g/mol. The Labute approximate surface area is 154 Å². The highest BCUT2D eigenvalue weighted by Gasteiger charge is 2.12. The Morgan fingerprint density at radius 3 is 2.84 bits per heavy atom. The largest absolute Gasteiger partial charge is 0.497 e. The van der Waals surface area contributed by atoms with Crippen LogP contribution in [0.4, 0.5) is 5.69 Å². The molecule has 1 N–H and O–H groups in total. The first kappa shape index (κ1) is 17.2. The number of anilines is 1. The van der Waals surface area contributed by atoms with Gasteiger partial charge in [0.15, 0.2) is 5.76 Å². The molecule has 0 fully saturated rings. The summed E-state index contributed by atoms with van der Waals surface area (Å²) in [6.45, 7) is 1.94. The van der Waals surface area contributed by atoms with Crippen molar-refractivity contribution in [2.75, 3.05) is 12.4 Å². The van der Waals surface area contributed by atoms with E-state index >= 15 is 0 Å². The van der Waals surface area contributed by atoms with Crippen LogP contribution in [0.2, 0.25) is 0 Å². The highest BCUT2D eigenvalue weighted by molar-refractivity contribution is 9.10. The molecule has 0 aliphatic heterocycles. The average Bonchev–Trinajstić information content (AvgIpc) is 3.06. The number of benzene rings is 2. The van der Waals surface area contributed by atoms with E-state index in [-0.39, 0.29) is 12.3 Å². The molecule has 0 saturated carbocycles. The van der Waals surface area contributed by atoms with Crippen LogP contribution in [0.3, 0.4) is 0 Å². The van der Waals surface area contributed by atoms with Gasteiger partial charge in [-0.15, -0.1) is 0 Å². The fourth-order valence-corrected chi connectivity index (χ4v) is 2.91. The van der Waals surface area contributed by atoms with E-state index in [9.17, 15) is 4.79 Å². The number of halogens is 1. The van der Waals surface area contributed by atoms with E-state index in [4.69, 9.17) is 9.26 Å². The smallest absolute Gasteiger partial charge is 0.230 e. The van der Waals surface area contributed by atoms with Crippen LogP contribution < -0.4 is 10.1 Å². The van der Waals surface area contributed by atoms with Crippen molar-refractivity contribution in [1.82, 2.24) is 5.16 Å². The number of nitrogens with zero attached hydrogens (tertiary/aromatic N) is 1. The second-order valence-electron chi connectivity index (χ2n) is 5.60. The zero-order valence-corrected chi connectivity index (χ0v) is 15.5. The standard InChI is InChI=1S/C19H17BrN2O3/c1-12-8-14(20)6-7-17(12)21-19(23)11-15-10-18(25-22-15)13-4-3-5-16(9-13)24-2/h3-10H,11H2,1-2H3,(H,21,23). The van der Waals surface area contributed by atoms with Crippen molar-refractivity contribution in [2.45, 2.75) is 13.3 Å². The van der Waals surface area contributed by atoms with E-state index < -0.39 is 0 Å². The lowest BCUT2D eigenvalue weighted by Crippen LogP contribution is -2.15. The van der Waals surface area contributed by atoms with Gasteiger partial charge in [0.1, 0.15) is 5.75 Å². The molecule has 0 unspecified atom stereocenters. The lowest BCUT2D eigenvalue weighted by molar-refractivity contribution is -0.115. The van der Waals surface area contributed by atoms with E-state index in [0.717, 1.165) is 27.0 Å². The summed E-state index contributed by atoms with van der Waals surface area (Å²) in [7, 11) is 1.61. The lowest BCUT2D eigenvalue weighted by atomic mass is 10.1. The summed E-state index contributed by atoms with van der Waals surface area (Å²) < 4.78 is 11.5. The van der Waals surface area contributed by atoms with Gasteiger partial charge < -0.3 is 14.6 Å². The summed E-state index contributed by atoms with van der Waals surface area (Å²) in [5.74, 6) is 1.19. The number of hydrogen-bond acceptors (Lipinski definition) is 4. The van der Waals surface area contributed by atoms with Gasteiger partial charge in [0.05, 0.1) is 19.2 Å². The Hall–Kier alpha value is -2.60. The Kier molecular flexibility index (Phi) is 5.19. The van der Waals surface area contributed by atoms with Crippen LogP contribution in [-0.2, 0) is 11.2 Å². The predicted octanol–water partition coefficient (Wildman–Crippen LogP) is 4.60. The van der Waals surface area contributed by atoms with Crippen LogP contribution in [0.25, 0.3) is 11.3 Å². The molecule has 3 aromatic rings. The van der Waals surface area contributed by atoms with Gasteiger partial charge in [-0.1, -0.05) is 33.2 Å². The Morgan fingerprint density at radius 2 is 2.08 bits per heavy atom. The molecule has 25 heavy (non-hydrogen) atoms. The number of nitrogens with one attached hydrogen (secondary N) is 1. The van der Waals surface area contributed by atoms with Crippen LogP contribution in [0.1, 0.15) is 11.3 Å². The fraction of sp³-hybridized carbons (Fsp3) is 0.158. The molecule has 1 heterocycles. The number of aromatic nitrogens is 1. The maximum atomic E-state index is 12.2. The number of carbonyl (C=O) groups excluding carboxylic acids is 1. The van der Waals surface area contributed by atoms with E-state index in [1.54, 1.807) is 13.2 Å². The van der Waals surface area contributed by atoms with Gasteiger partial charge in [-0.25, -0.2) is 0 Å². The van der Waals surface area contributed by atoms with Gasteiger partial charge in [0, 0.05) is 21.8 Å². The molecule has 0 aliphatic rings. The second-order valence-corrected chi connectivity index (χ2v) is 6.51. The molecule has 0 spiro atoms. The number of aryl methyl sites for hydroxylation is 1. The summed E-state index contributed by atoms with van der Waals surface area (Å²) >= 11 is 3.41. The van der Waals surface area contributed by atoms with Crippen molar-refractivity contribution in [3.05, 3.63) is 64.3 Å². The van der Waals surface area contributed by atoms with Crippen molar-refractivity contribution < 1.29 is 14.1 Å². The summed E-state index contributed by atoms with van der Waals surface area (Å²) in [5, 5.41) is 6.87. The summed E-state index contributed by atoms with van der Waals surface area (Å²) in [5.41, 5.74) is 3.19. The Balaban J connectivity index is 1.69. The van der Waals surface area contributed by atoms with Crippen LogP contribution >= 0.6 is 15.9 Å². The number of ether oxygens (including phenoxy) is 1. The molecule has 0 aliphatic carbocycles. The molecular formula is C19H17BrN2O3. The van der Waals surface area contributed by atoms with Crippen molar-refractivity contribution in [3.8, 4) is 17.1 Å². The fourth-order valence-electron chi connectivity index (χ4n) is 2.43. The summed E-state index contributed by atoms with van der Waals surface area (Å²) in [6.07, 6.45) is 0.142. The lowest BCUT2D eigenvalue weighted by Gasteiger charge is -2.07. The molecule has 0 radical (unpaired) electrons. The van der Waals surface area contributed by atoms with E-state index in [2.05, 4.69) is 26.4 Å². The van der Waals surface area contributed by atoms with Gasteiger partial charge in [-0.3, -0.25) is 4.79 Å². The minimum absolute atomic E-state index is 0.142. The molecule has 1 aromatic heterocycles. The topological polar surface area (TPSA) is 64.4 Å². The minimum Gasteiger partial charge on any atom is -0.497 e. The maximum absolute atomic E-state index is 12.2. The highest BCUT2D eigenvalue weighted by Crippen LogP contribution is 2.25. The number of hydrogen-bond donors (Lipinski definition) is 1. The normalized spacial score (nSPS) is 10.5. The van der Waals surface area contributed by atoms with E-state index in [1.807, 2.05) is 49.4 Å². The number of carbonyl (C=O) groups is 1. The highest BCUT2D eigenvalue weighted by atomic mass is 79.9. The molecule has 2 aromatic carbocycles. The van der Waals surface area contributed by atoms with Crippen molar-refractivity contribution in [1.29, 1.82) is 0 Å². The zero-order chi connectivity index (χ0) is 17.8. The van der Waals surface area contributed by atoms with Gasteiger partial charge >= 0.3 is 0 Å². The van der Waals surface area contributed by atoms with Crippen molar-refractivity contribution in [2.24, 2.45) is 0 Å². The number of amides is 1. The molecule has 128 valence electrons. The van der Waals surface area contributed by atoms with Crippen LogP contribution in [-0.4, -0.2) is 18.2 Å². The van der Waals surface area contributed by atoms with Gasteiger partial charge in [0.25, 0.3) is 0 Å². The second kappa shape index (κ2) is 7.53. The summed E-state index contributed by atoms with van der Waals surface area (Å²) in [4.78, 5) is 12.2. The van der Waals surface area contributed by atoms with Crippen LogP contribution in [0.5, 0.6) is 5.75 Å². The Morgan fingerprint density at radius 1 is 1.24 bits per heavy atom. The first-order chi connectivity index (χ1) is 12.0. The first-order valence-corrected chi connectivity index (χ1v) is 8.50. The number of rotatable bonds is 5. The molecule has 3 rings (SSSR count). The minimum atomic E-state index is -0.143. The van der Waals surface area contributed by atoms with Crippen molar-refractivity contribution in [3.63, 3.8) is 0 Å². The molecular weight excluding hydrogens is 384 g/mol. The quantitative estimate of drug-likeness (QED) is 0.679. The van der Waals surface area contributed by atoms with Crippen molar-refractivity contribution >= 4 is 27.5 Å². The third-order valence-electron chi connectivity index (χ3n) is 3.72. The zero-order valence-electron chi connectivity index (χ0n) is 13.9. The molecule has 0 bridgehead atoms. The van der Waals surface area contributed by atoms with Gasteiger partial charge in [-0.2, -0.15) is 0 Å². The molecule has 0 atom stereocenters. The third kappa shape index (κ3) is 4.28. The maximum Gasteiger partial charge on any atom is 0.230 e. The van der Waals surface area contributed by atoms with Gasteiger partial charge in [-0.05, 0) is 42.8 Å². The predicted molar refractivity (Wildman–Crippen MR) is 99.7 cm³/mol. The average molecular weight is 401 g/mol. The van der Waals surface area contributed by atoms with E-state index in [0.29, 0.717) is 11.5 Å². The molecule has 5 nitrogen and oxygen atoms in total. The van der Waals surface area contributed by atoms with Crippen LogP contribution in [0, 0.1) is 6.92 Å². The summed E-state index contributed by atoms with van der Waals surface area (Å²) in [6, 6.07) is 15.0. The molecule has 0 saturated heterocycles. The molecule has 6 heteroatoms. The van der Waals surface area contributed by atoms with Gasteiger partial charge in [0.2, 0.25) is 5.91 Å².